The Labute approximate surface area is 306 Å². The van der Waals surface area contributed by atoms with E-state index in [0.29, 0.717) is 77.4 Å². The highest BCUT2D eigenvalue weighted by Gasteiger charge is 2.39. The molecule has 2 saturated heterocycles. The molecule has 0 aliphatic carbocycles. The predicted octanol–water partition coefficient (Wildman–Crippen LogP) is -1.89. The highest BCUT2D eigenvalue weighted by molar-refractivity contribution is 5.96. The molecular weight excluding hydrogens is 674 g/mol. The third kappa shape index (κ3) is 15.3. The number of hydrogen-bond donors (Lipinski definition) is 10. The predicted molar refractivity (Wildman–Crippen MR) is 196 cm³/mol. The minimum absolute atomic E-state index is 0.0568. The molecule has 2 aliphatic heterocycles. The topological polar surface area (TPSA) is 302 Å². The van der Waals surface area contributed by atoms with E-state index >= 15 is 0 Å². The molecule has 2 rings (SSSR count). The highest BCUT2D eigenvalue weighted by Crippen LogP contribution is 2.20. The molecule has 0 bridgehead atoms. The summed E-state index contributed by atoms with van der Waals surface area (Å²) in [5, 5.41) is 24.0. The number of likely N-dealkylation sites (tertiary alicyclic amines) is 1. The van der Waals surface area contributed by atoms with Crippen molar-refractivity contribution in [2.45, 2.75) is 134 Å². The van der Waals surface area contributed by atoms with Gasteiger partial charge in [0.05, 0.1) is 6.04 Å². The molecule has 0 unspecified atom stereocenters. The number of aliphatic imine (C=N–C) groups is 1. The van der Waals surface area contributed by atoms with Gasteiger partial charge in [-0.25, -0.2) is 4.79 Å². The van der Waals surface area contributed by atoms with Crippen LogP contribution in [-0.2, 0) is 28.8 Å². The molecule has 0 aromatic rings. The Morgan fingerprint density at radius 1 is 0.769 bits per heavy atom. The molecule has 0 aromatic heterocycles. The van der Waals surface area contributed by atoms with E-state index in [1.54, 1.807) is 0 Å². The number of unbranched alkanes of at least 4 members (excludes halogenated alkanes) is 2. The van der Waals surface area contributed by atoms with Crippen LogP contribution in [0, 0.1) is 5.92 Å². The Morgan fingerprint density at radius 2 is 1.33 bits per heavy atom. The summed E-state index contributed by atoms with van der Waals surface area (Å²) in [6, 6.07) is -5.53. The lowest BCUT2D eigenvalue weighted by Crippen LogP contribution is -2.59. The van der Waals surface area contributed by atoms with Crippen LogP contribution in [0.3, 0.4) is 0 Å². The number of hydrogen-bond acceptors (Lipinski definition) is 10. The number of carboxylic acids is 1. The Morgan fingerprint density at radius 3 is 1.87 bits per heavy atom. The first-order valence-electron chi connectivity index (χ1n) is 18.7. The Hall–Kier alpha value is -4.03. The second-order valence-electron chi connectivity index (χ2n) is 14.1. The van der Waals surface area contributed by atoms with Crippen molar-refractivity contribution in [3.63, 3.8) is 0 Å². The monoisotopic (exact) mass is 737 g/mol. The number of amides is 5. The Balaban J connectivity index is 2.27. The lowest BCUT2D eigenvalue weighted by molar-refractivity contribution is -0.149. The van der Waals surface area contributed by atoms with Gasteiger partial charge in [-0.2, -0.15) is 0 Å². The van der Waals surface area contributed by atoms with E-state index in [9.17, 15) is 33.9 Å². The highest BCUT2D eigenvalue weighted by atomic mass is 16.4. The van der Waals surface area contributed by atoms with E-state index in [0.717, 1.165) is 6.42 Å². The van der Waals surface area contributed by atoms with Crippen molar-refractivity contribution < 1.29 is 33.9 Å². The molecule has 14 N–H and O–H groups in total. The first kappa shape index (κ1) is 44.1. The fourth-order valence-electron chi connectivity index (χ4n) is 6.47. The number of carbonyl (C=O) groups is 6. The maximum atomic E-state index is 13.9. The standard InChI is InChI=1S/C34H63N11O7/c1-21(2)20-26(31(49)43-25(13-8-18-40-34(37)38)32(50)45-19-9-14-27(45)33(51)52)44-30(48)24(11-4-6-16-36)42-29(47)23(10-3-5-15-35)41-28(46)22-12-7-17-39-22/h21-27,39H,3-20,35-36H2,1-2H3,(H,41,46)(H,42,47)(H,43,49)(H,44,48)(H,51,52)(H4,37,38,40)/t22-,23-,24-,25-,26-,27-/m0/s1. The molecule has 0 spiro atoms. The van der Waals surface area contributed by atoms with Crippen LogP contribution in [0.5, 0.6) is 0 Å². The number of nitrogens with zero attached hydrogens (tertiary/aromatic N) is 2. The molecule has 0 aromatic carbocycles. The van der Waals surface area contributed by atoms with Crippen molar-refractivity contribution in [3.05, 3.63) is 0 Å². The average Bonchev–Trinajstić information content (AvgIpc) is 3.81. The molecule has 0 saturated carbocycles. The van der Waals surface area contributed by atoms with Crippen LogP contribution in [0.25, 0.3) is 0 Å². The summed E-state index contributed by atoms with van der Waals surface area (Å²) in [6.07, 6.45) is 5.88. The van der Waals surface area contributed by atoms with Gasteiger partial charge in [0.1, 0.15) is 30.2 Å². The van der Waals surface area contributed by atoms with E-state index in [1.165, 1.54) is 4.90 Å². The van der Waals surface area contributed by atoms with Crippen molar-refractivity contribution in [2.24, 2.45) is 33.8 Å². The zero-order chi connectivity index (χ0) is 38.6. The largest absolute Gasteiger partial charge is 0.480 e. The fourth-order valence-corrected chi connectivity index (χ4v) is 6.47. The third-order valence-electron chi connectivity index (χ3n) is 9.26. The van der Waals surface area contributed by atoms with Crippen molar-refractivity contribution in [1.29, 1.82) is 0 Å². The second-order valence-corrected chi connectivity index (χ2v) is 14.1. The lowest BCUT2D eigenvalue weighted by atomic mass is 10.0. The maximum absolute atomic E-state index is 13.9. The first-order valence-corrected chi connectivity index (χ1v) is 18.7. The summed E-state index contributed by atoms with van der Waals surface area (Å²) in [5.41, 5.74) is 22.3. The van der Waals surface area contributed by atoms with Gasteiger partial charge in [0.25, 0.3) is 0 Å². The van der Waals surface area contributed by atoms with Crippen LogP contribution in [0.4, 0.5) is 0 Å². The molecule has 5 amide bonds. The van der Waals surface area contributed by atoms with Gasteiger partial charge in [-0.3, -0.25) is 29.0 Å². The van der Waals surface area contributed by atoms with Crippen molar-refractivity contribution >= 4 is 41.5 Å². The number of nitrogens with one attached hydrogen (secondary N) is 5. The van der Waals surface area contributed by atoms with Crippen molar-refractivity contribution in [2.75, 3.05) is 32.7 Å². The van der Waals surface area contributed by atoms with E-state index in [4.69, 9.17) is 22.9 Å². The van der Waals surface area contributed by atoms with Crippen LogP contribution in [0.1, 0.15) is 97.3 Å². The minimum atomic E-state index is -1.12. The van der Waals surface area contributed by atoms with E-state index < -0.39 is 65.8 Å². The molecule has 0 radical (unpaired) electrons. The van der Waals surface area contributed by atoms with E-state index in [-0.39, 0.29) is 50.1 Å². The SMILES string of the molecule is CC(C)C[C@H](NC(=O)[C@H](CCCCN)NC(=O)[C@H](CCCCN)NC(=O)[C@@H]1CCCN1)C(=O)N[C@@H](CCCN=C(N)N)C(=O)N1CCC[C@H]1C(=O)O. The summed E-state index contributed by atoms with van der Waals surface area (Å²) in [5.74, 6) is -3.88. The third-order valence-corrected chi connectivity index (χ3v) is 9.26. The fraction of sp³-hybridized carbons (Fsp3) is 0.794. The summed E-state index contributed by atoms with van der Waals surface area (Å²) in [7, 11) is 0. The smallest absolute Gasteiger partial charge is 0.326 e. The quantitative estimate of drug-likeness (QED) is 0.0296. The minimum Gasteiger partial charge on any atom is -0.480 e. The molecule has 18 nitrogen and oxygen atoms in total. The van der Waals surface area contributed by atoms with Gasteiger partial charge >= 0.3 is 5.97 Å². The number of rotatable bonds is 24. The van der Waals surface area contributed by atoms with Gasteiger partial charge in [0.2, 0.25) is 29.5 Å². The number of guanidine groups is 1. The van der Waals surface area contributed by atoms with E-state index in [2.05, 4.69) is 31.6 Å². The summed E-state index contributed by atoms with van der Waals surface area (Å²) < 4.78 is 0. The van der Waals surface area contributed by atoms with Gasteiger partial charge < -0.3 is 59.5 Å². The lowest BCUT2D eigenvalue weighted by Gasteiger charge is -2.30. The van der Waals surface area contributed by atoms with Crippen LogP contribution in [-0.4, -0.2) is 120 Å². The zero-order valence-electron chi connectivity index (χ0n) is 30.9. The maximum Gasteiger partial charge on any atom is 0.326 e. The molecule has 52 heavy (non-hydrogen) atoms. The van der Waals surface area contributed by atoms with Crippen molar-refractivity contribution in [1.82, 2.24) is 31.5 Å². The van der Waals surface area contributed by atoms with Crippen LogP contribution >= 0.6 is 0 Å². The van der Waals surface area contributed by atoms with Crippen LogP contribution in [0.2, 0.25) is 0 Å². The van der Waals surface area contributed by atoms with Crippen LogP contribution < -0.4 is 49.5 Å². The number of nitrogens with two attached hydrogens (primary N) is 4. The molecule has 2 aliphatic rings. The summed E-state index contributed by atoms with van der Waals surface area (Å²) in [6.45, 7) is 5.69. The van der Waals surface area contributed by atoms with E-state index in [1.807, 2.05) is 13.8 Å². The molecule has 296 valence electrons. The zero-order valence-corrected chi connectivity index (χ0v) is 30.9. The summed E-state index contributed by atoms with van der Waals surface area (Å²) in [4.78, 5) is 85.1. The molecule has 18 heteroatoms. The Kier molecular flexibility index (Phi) is 20.0. The van der Waals surface area contributed by atoms with Crippen molar-refractivity contribution in [3.8, 4) is 0 Å². The molecule has 2 heterocycles. The Bertz CT molecular complexity index is 1210. The number of carboxylic acid groups (broad SMARTS) is 1. The average molecular weight is 738 g/mol. The van der Waals surface area contributed by atoms with Gasteiger partial charge in [-0.05, 0) is 109 Å². The molecule has 2 fully saturated rings. The number of carbonyl (C=O) groups excluding carboxylic acids is 5. The second kappa shape index (κ2) is 23.5. The first-order chi connectivity index (χ1) is 24.8. The van der Waals surface area contributed by atoms with Crippen LogP contribution in [0.15, 0.2) is 4.99 Å². The molecule has 6 atom stereocenters. The van der Waals surface area contributed by atoms with Gasteiger partial charge in [-0.1, -0.05) is 13.8 Å². The normalized spacial score (nSPS) is 19.3. The van der Waals surface area contributed by atoms with Gasteiger partial charge in [0, 0.05) is 13.1 Å². The molecular formula is C34H63N11O7. The van der Waals surface area contributed by atoms with Gasteiger partial charge in [0.15, 0.2) is 5.96 Å². The van der Waals surface area contributed by atoms with Gasteiger partial charge in [-0.15, -0.1) is 0 Å². The number of aliphatic carboxylic acids is 1. The summed E-state index contributed by atoms with van der Waals surface area (Å²) >= 11 is 0.